The number of aryl methyl sites for hydroxylation is 1. The van der Waals surface area contributed by atoms with Crippen LogP contribution in [0.4, 0.5) is 10.2 Å². The van der Waals surface area contributed by atoms with Crippen molar-refractivity contribution in [3.8, 4) is 23.3 Å². The van der Waals surface area contributed by atoms with Crippen LogP contribution in [0, 0.1) is 17.1 Å². The van der Waals surface area contributed by atoms with Gasteiger partial charge in [0, 0.05) is 30.6 Å². The Morgan fingerprint density at radius 3 is 2.88 bits per heavy atom. The molecule has 0 amide bonds. The van der Waals surface area contributed by atoms with Gasteiger partial charge in [-0.15, -0.1) is 0 Å². The third-order valence-corrected chi connectivity index (χ3v) is 5.19. The number of hydrogen-bond donors (Lipinski definition) is 1. The predicted octanol–water partition coefficient (Wildman–Crippen LogP) is 3.62. The number of halogens is 2. The highest BCUT2D eigenvalue weighted by atomic mass is 79.9. The number of hydrogen-bond acceptors (Lipinski definition) is 7. The number of benzene rings is 1. The number of imidazole rings is 1. The summed E-state index contributed by atoms with van der Waals surface area (Å²) in [6.45, 7) is 2.16. The van der Waals surface area contributed by atoms with E-state index in [0.29, 0.717) is 39.5 Å². The van der Waals surface area contributed by atoms with E-state index in [1.807, 2.05) is 4.57 Å². The number of anilines is 1. The van der Waals surface area contributed by atoms with Gasteiger partial charge in [-0.2, -0.15) is 10.4 Å². The maximum atomic E-state index is 14.2. The van der Waals surface area contributed by atoms with Crippen molar-refractivity contribution < 1.29 is 9.13 Å². The van der Waals surface area contributed by atoms with Crippen LogP contribution in [0.25, 0.3) is 11.4 Å². The van der Waals surface area contributed by atoms with Crippen molar-refractivity contribution in [2.45, 2.75) is 19.6 Å². The summed E-state index contributed by atoms with van der Waals surface area (Å²) in [7, 11) is 1.71. The van der Waals surface area contributed by atoms with Crippen LogP contribution in [0.15, 0.2) is 47.5 Å². The molecule has 0 bridgehead atoms. The Balaban J connectivity index is 1.69. The van der Waals surface area contributed by atoms with Crippen molar-refractivity contribution in [2.75, 3.05) is 5.73 Å². The highest BCUT2D eigenvalue weighted by Gasteiger charge is 2.20. The maximum Gasteiger partial charge on any atom is 0.258 e. The van der Waals surface area contributed by atoms with Crippen molar-refractivity contribution in [3.63, 3.8) is 0 Å². The molecule has 162 valence electrons. The van der Waals surface area contributed by atoms with Crippen LogP contribution in [0.1, 0.15) is 30.0 Å². The Morgan fingerprint density at radius 2 is 2.12 bits per heavy atom. The minimum Gasteiger partial charge on any atom is -0.467 e. The summed E-state index contributed by atoms with van der Waals surface area (Å²) in [5.41, 5.74) is 8.28. The molecule has 11 heteroatoms. The molecule has 2 N–H and O–H groups in total. The van der Waals surface area contributed by atoms with Crippen LogP contribution in [0.5, 0.6) is 5.88 Å². The van der Waals surface area contributed by atoms with Gasteiger partial charge < -0.3 is 15.0 Å². The Kier molecular flexibility index (Phi) is 5.87. The van der Waals surface area contributed by atoms with Crippen LogP contribution in [0.2, 0.25) is 0 Å². The van der Waals surface area contributed by atoms with Crippen molar-refractivity contribution in [1.82, 2.24) is 29.3 Å². The second kappa shape index (κ2) is 8.76. The molecule has 1 unspecified atom stereocenters. The van der Waals surface area contributed by atoms with E-state index in [-0.39, 0.29) is 11.7 Å². The van der Waals surface area contributed by atoms with E-state index < -0.39 is 11.9 Å². The topological polar surface area (TPSA) is 120 Å². The van der Waals surface area contributed by atoms with Crippen LogP contribution in [0.3, 0.4) is 0 Å². The lowest BCUT2D eigenvalue weighted by Crippen LogP contribution is -2.11. The summed E-state index contributed by atoms with van der Waals surface area (Å²) < 4.78 is 24.0. The van der Waals surface area contributed by atoms with Gasteiger partial charge in [0.15, 0.2) is 5.82 Å². The summed E-state index contributed by atoms with van der Waals surface area (Å²) in [4.78, 5) is 12.7. The molecule has 3 heterocycles. The summed E-state index contributed by atoms with van der Waals surface area (Å²) in [6.07, 6.45) is 4.32. The summed E-state index contributed by atoms with van der Waals surface area (Å²) in [5, 5.41) is 13.5. The summed E-state index contributed by atoms with van der Waals surface area (Å²) >= 11 is 3.24. The molecule has 4 aromatic rings. The molecule has 0 aliphatic heterocycles. The molecule has 4 rings (SSSR count). The standard InChI is InChI=1S/C21H18BrFN8O/c1-12(32-21-19(25)27-10-18(22)28-21)17-7-13(23)3-4-16(17)20-26-5-6-31(20)11-14-8-15(9-24)30(2)29-14/h3-8,10,12H,11H2,1-2H3,(H2,25,27). The van der Waals surface area contributed by atoms with Gasteiger partial charge in [0.25, 0.3) is 5.88 Å². The number of nitrogen functional groups attached to an aromatic ring is 1. The summed E-state index contributed by atoms with van der Waals surface area (Å²) in [5.74, 6) is 0.466. The first kappa shape index (κ1) is 21.5. The number of aromatic nitrogens is 6. The van der Waals surface area contributed by atoms with Crippen molar-refractivity contribution in [3.05, 3.63) is 70.2 Å². The van der Waals surface area contributed by atoms with Gasteiger partial charge in [0.2, 0.25) is 0 Å². The molecule has 1 atom stereocenters. The van der Waals surface area contributed by atoms with E-state index in [1.54, 1.807) is 38.5 Å². The molecule has 0 radical (unpaired) electrons. The predicted molar refractivity (Wildman–Crippen MR) is 118 cm³/mol. The lowest BCUT2D eigenvalue weighted by atomic mass is 10.0. The van der Waals surface area contributed by atoms with E-state index >= 15 is 0 Å². The summed E-state index contributed by atoms with van der Waals surface area (Å²) in [6, 6.07) is 8.23. The quantitative estimate of drug-likeness (QED) is 0.432. The Hall–Kier alpha value is -3.78. The third kappa shape index (κ3) is 4.31. The number of nitriles is 1. The monoisotopic (exact) mass is 496 g/mol. The van der Waals surface area contributed by atoms with Gasteiger partial charge in [-0.1, -0.05) is 0 Å². The van der Waals surface area contributed by atoms with Crippen LogP contribution < -0.4 is 10.5 Å². The second-order valence-electron chi connectivity index (χ2n) is 7.01. The molecule has 0 saturated carbocycles. The van der Waals surface area contributed by atoms with E-state index in [2.05, 4.69) is 42.0 Å². The first-order valence-electron chi connectivity index (χ1n) is 9.54. The molecular formula is C21H18BrFN8O. The molecule has 32 heavy (non-hydrogen) atoms. The fraction of sp³-hybridized carbons (Fsp3) is 0.190. The van der Waals surface area contributed by atoms with Gasteiger partial charge in [0.1, 0.15) is 34.1 Å². The first-order valence-corrected chi connectivity index (χ1v) is 10.3. The zero-order chi connectivity index (χ0) is 22.8. The van der Waals surface area contributed by atoms with E-state index in [9.17, 15) is 9.65 Å². The van der Waals surface area contributed by atoms with Crippen LogP contribution >= 0.6 is 15.9 Å². The minimum absolute atomic E-state index is 0.128. The van der Waals surface area contributed by atoms with E-state index in [0.717, 1.165) is 0 Å². The highest BCUT2D eigenvalue weighted by Crippen LogP contribution is 2.32. The maximum absolute atomic E-state index is 14.2. The lowest BCUT2D eigenvalue weighted by Gasteiger charge is -2.19. The molecule has 9 nitrogen and oxygen atoms in total. The van der Waals surface area contributed by atoms with Gasteiger partial charge in [-0.25, -0.2) is 19.3 Å². The number of nitrogens with two attached hydrogens (primary N) is 1. The average molecular weight is 497 g/mol. The second-order valence-corrected chi connectivity index (χ2v) is 7.82. The first-order chi connectivity index (χ1) is 15.4. The van der Waals surface area contributed by atoms with Crippen molar-refractivity contribution in [2.24, 2.45) is 7.05 Å². The normalized spacial score (nSPS) is 11.8. The SMILES string of the molecule is CC(Oc1nc(Br)cnc1N)c1cc(F)ccc1-c1nccn1Cc1cc(C#N)n(C)n1. The molecule has 3 aromatic heterocycles. The molecule has 1 aromatic carbocycles. The number of rotatable bonds is 6. The molecule has 0 fully saturated rings. The van der Waals surface area contributed by atoms with Crippen molar-refractivity contribution in [1.29, 1.82) is 5.26 Å². The molecule has 0 aliphatic rings. The highest BCUT2D eigenvalue weighted by molar-refractivity contribution is 9.10. The van der Waals surface area contributed by atoms with Crippen molar-refractivity contribution >= 4 is 21.7 Å². The smallest absolute Gasteiger partial charge is 0.258 e. The Bertz CT molecular complexity index is 1330. The fourth-order valence-corrected chi connectivity index (χ4v) is 3.58. The fourth-order valence-electron chi connectivity index (χ4n) is 3.32. The zero-order valence-electron chi connectivity index (χ0n) is 17.2. The van der Waals surface area contributed by atoms with Gasteiger partial charge >= 0.3 is 0 Å². The van der Waals surface area contributed by atoms with Crippen LogP contribution in [-0.4, -0.2) is 29.3 Å². The zero-order valence-corrected chi connectivity index (χ0v) is 18.8. The average Bonchev–Trinajstić information content (AvgIpc) is 3.36. The molecule has 0 aliphatic carbocycles. The van der Waals surface area contributed by atoms with Crippen LogP contribution in [-0.2, 0) is 13.6 Å². The Labute approximate surface area is 191 Å². The Morgan fingerprint density at radius 1 is 1.31 bits per heavy atom. The van der Waals surface area contributed by atoms with Gasteiger partial charge in [-0.05, 0) is 47.1 Å². The van der Waals surface area contributed by atoms with E-state index in [1.165, 1.54) is 23.0 Å². The minimum atomic E-state index is -0.600. The number of nitrogens with zero attached hydrogens (tertiary/aromatic N) is 7. The van der Waals surface area contributed by atoms with Gasteiger partial charge in [0.05, 0.1) is 18.4 Å². The molecular weight excluding hydrogens is 479 g/mol. The van der Waals surface area contributed by atoms with E-state index in [4.69, 9.17) is 10.5 Å². The molecule has 0 saturated heterocycles. The molecule has 0 spiro atoms. The largest absolute Gasteiger partial charge is 0.467 e. The van der Waals surface area contributed by atoms with Gasteiger partial charge in [-0.3, -0.25) is 4.68 Å². The third-order valence-electron chi connectivity index (χ3n) is 4.81. The lowest BCUT2D eigenvalue weighted by molar-refractivity contribution is 0.217. The number of ether oxygens (including phenoxy) is 1.